The van der Waals surface area contributed by atoms with Gasteiger partial charge >= 0.3 is 0 Å². The molecule has 1 heterocycles. The summed E-state index contributed by atoms with van der Waals surface area (Å²) in [6.07, 6.45) is 0. The summed E-state index contributed by atoms with van der Waals surface area (Å²) in [7, 11) is 0. The van der Waals surface area contributed by atoms with Crippen LogP contribution >= 0.6 is 15.9 Å². The fourth-order valence-corrected chi connectivity index (χ4v) is 2.69. The Balaban J connectivity index is 2.12. The summed E-state index contributed by atoms with van der Waals surface area (Å²) >= 11 is 3.51. The maximum absolute atomic E-state index is 12.1. The Morgan fingerprint density at radius 1 is 1.60 bits per heavy atom. The molecule has 1 aliphatic heterocycles. The quantitative estimate of drug-likeness (QED) is 0.811. The summed E-state index contributed by atoms with van der Waals surface area (Å²) in [5.74, 6) is 0.0206. The topological polar surface area (TPSA) is 67.6 Å². The molecule has 2 rings (SSSR count). The highest BCUT2D eigenvalue weighted by Crippen LogP contribution is 2.26. The number of benzene rings is 1. The molecule has 0 spiro atoms. The minimum atomic E-state index is -0.239. The minimum absolute atomic E-state index is 0.0206. The van der Waals surface area contributed by atoms with Crippen LogP contribution in [0.3, 0.4) is 0 Å². The van der Waals surface area contributed by atoms with Crippen molar-refractivity contribution in [3.63, 3.8) is 0 Å². The summed E-state index contributed by atoms with van der Waals surface area (Å²) in [5.41, 5.74) is 7.70. The number of nitrogens with zero attached hydrogens (tertiary/aromatic N) is 1. The first kappa shape index (κ1) is 15.3. The van der Waals surface area contributed by atoms with Gasteiger partial charge < -0.3 is 15.8 Å². The average molecular weight is 342 g/mol. The molecule has 1 saturated heterocycles. The Kier molecular flexibility index (Phi) is 5.39. The van der Waals surface area contributed by atoms with Gasteiger partial charge in [-0.05, 0) is 34.5 Å². The van der Waals surface area contributed by atoms with E-state index in [9.17, 15) is 4.79 Å². The van der Waals surface area contributed by atoms with Gasteiger partial charge in [0, 0.05) is 29.8 Å². The monoisotopic (exact) mass is 341 g/mol. The standard InChI is InChI=1S/C14H20BrN3O2/c1-2-17-14(19)12-9-20-7-6-18(12)8-10-4-3-5-11(16)13(10)15/h3-5,12H,2,6-9,16H2,1H3,(H,17,19). The maximum atomic E-state index is 12.1. The first-order chi connectivity index (χ1) is 9.63. The molecule has 1 atom stereocenters. The normalized spacial score (nSPS) is 19.8. The van der Waals surface area contributed by atoms with Crippen LogP contribution in [0.25, 0.3) is 0 Å². The minimum Gasteiger partial charge on any atom is -0.398 e. The number of hydrogen-bond donors (Lipinski definition) is 2. The van der Waals surface area contributed by atoms with Crippen LogP contribution in [0.2, 0.25) is 0 Å². The number of halogens is 1. The van der Waals surface area contributed by atoms with Crippen molar-refractivity contribution < 1.29 is 9.53 Å². The molecule has 0 bridgehead atoms. The fraction of sp³-hybridized carbons (Fsp3) is 0.500. The molecule has 0 saturated carbocycles. The van der Waals surface area contributed by atoms with Gasteiger partial charge in [0.1, 0.15) is 6.04 Å². The molecule has 1 fully saturated rings. The molecule has 1 aliphatic rings. The summed E-state index contributed by atoms with van der Waals surface area (Å²) < 4.78 is 6.34. The smallest absolute Gasteiger partial charge is 0.239 e. The Hall–Kier alpha value is -1.11. The lowest BCUT2D eigenvalue weighted by Gasteiger charge is -2.34. The van der Waals surface area contributed by atoms with Crippen LogP contribution in [0, 0.1) is 0 Å². The molecule has 6 heteroatoms. The van der Waals surface area contributed by atoms with Crippen LogP contribution in [0.1, 0.15) is 12.5 Å². The number of likely N-dealkylation sites (N-methyl/N-ethyl adjacent to an activating group) is 1. The molecule has 1 amide bonds. The highest BCUT2D eigenvalue weighted by molar-refractivity contribution is 9.10. The van der Waals surface area contributed by atoms with Gasteiger partial charge in [0.15, 0.2) is 0 Å². The number of rotatable bonds is 4. The lowest BCUT2D eigenvalue weighted by Crippen LogP contribution is -2.53. The molecule has 1 aromatic carbocycles. The molecule has 0 aliphatic carbocycles. The Labute approximate surface area is 127 Å². The van der Waals surface area contributed by atoms with Crippen molar-refractivity contribution in [1.29, 1.82) is 0 Å². The summed E-state index contributed by atoms with van der Waals surface area (Å²) in [6.45, 7) is 5.05. The fourth-order valence-electron chi connectivity index (χ4n) is 2.30. The van der Waals surface area contributed by atoms with E-state index in [4.69, 9.17) is 10.5 Å². The van der Waals surface area contributed by atoms with E-state index >= 15 is 0 Å². The number of carbonyl (C=O) groups excluding carboxylic acids is 1. The second-order valence-corrected chi connectivity index (χ2v) is 5.57. The second kappa shape index (κ2) is 7.06. The number of nitrogens with two attached hydrogens (primary N) is 1. The van der Waals surface area contributed by atoms with Crippen molar-refractivity contribution in [2.45, 2.75) is 19.5 Å². The zero-order valence-corrected chi connectivity index (χ0v) is 13.1. The Morgan fingerprint density at radius 2 is 2.40 bits per heavy atom. The highest BCUT2D eigenvalue weighted by Gasteiger charge is 2.29. The molecule has 3 N–H and O–H groups in total. The highest BCUT2D eigenvalue weighted by atomic mass is 79.9. The van der Waals surface area contributed by atoms with Crippen molar-refractivity contribution in [3.05, 3.63) is 28.2 Å². The molecule has 0 aromatic heterocycles. The number of nitrogen functional groups attached to an aromatic ring is 1. The molecule has 0 radical (unpaired) electrons. The number of anilines is 1. The van der Waals surface area contributed by atoms with Crippen LogP contribution in [0.4, 0.5) is 5.69 Å². The number of amides is 1. The van der Waals surface area contributed by atoms with Gasteiger partial charge in [0.05, 0.1) is 13.2 Å². The Bertz CT molecular complexity index is 481. The Morgan fingerprint density at radius 3 is 3.15 bits per heavy atom. The average Bonchev–Trinajstić information content (AvgIpc) is 2.45. The first-order valence-electron chi connectivity index (χ1n) is 6.75. The lowest BCUT2D eigenvalue weighted by molar-refractivity contribution is -0.132. The van der Waals surface area contributed by atoms with Gasteiger partial charge in [0.25, 0.3) is 0 Å². The van der Waals surface area contributed by atoms with Crippen molar-refractivity contribution in [3.8, 4) is 0 Å². The van der Waals surface area contributed by atoms with Crippen molar-refractivity contribution in [2.24, 2.45) is 0 Å². The molecule has 20 heavy (non-hydrogen) atoms. The van der Waals surface area contributed by atoms with Gasteiger partial charge in [-0.2, -0.15) is 0 Å². The van der Waals surface area contributed by atoms with E-state index in [1.165, 1.54) is 0 Å². The molecule has 1 aromatic rings. The number of ether oxygens (including phenoxy) is 1. The van der Waals surface area contributed by atoms with E-state index in [-0.39, 0.29) is 11.9 Å². The summed E-state index contributed by atoms with van der Waals surface area (Å²) in [6, 6.07) is 5.56. The van der Waals surface area contributed by atoms with Crippen LogP contribution in [-0.2, 0) is 16.1 Å². The number of nitrogens with one attached hydrogen (secondary N) is 1. The van der Waals surface area contributed by atoms with Crippen LogP contribution < -0.4 is 11.1 Å². The second-order valence-electron chi connectivity index (χ2n) is 4.78. The first-order valence-corrected chi connectivity index (χ1v) is 7.55. The van der Waals surface area contributed by atoms with Crippen LogP contribution in [-0.4, -0.2) is 43.2 Å². The number of morpholine rings is 1. The van der Waals surface area contributed by atoms with Crippen molar-refractivity contribution in [1.82, 2.24) is 10.2 Å². The SMILES string of the molecule is CCNC(=O)C1COCCN1Cc1cccc(N)c1Br. The van der Waals surface area contributed by atoms with E-state index in [1.54, 1.807) is 0 Å². The third-order valence-corrected chi connectivity index (χ3v) is 4.34. The molecule has 1 unspecified atom stereocenters. The van der Waals surface area contributed by atoms with E-state index in [2.05, 4.69) is 26.1 Å². The third-order valence-electron chi connectivity index (χ3n) is 3.37. The predicted octanol–water partition coefficient (Wildman–Crippen LogP) is 1.37. The van der Waals surface area contributed by atoms with E-state index < -0.39 is 0 Å². The van der Waals surface area contributed by atoms with Gasteiger partial charge in [-0.25, -0.2) is 0 Å². The lowest BCUT2D eigenvalue weighted by atomic mass is 10.1. The third kappa shape index (κ3) is 3.50. The molecule has 110 valence electrons. The summed E-state index contributed by atoms with van der Waals surface area (Å²) in [5, 5.41) is 2.86. The number of hydrogen-bond acceptors (Lipinski definition) is 4. The van der Waals surface area contributed by atoms with Gasteiger partial charge in [-0.3, -0.25) is 9.69 Å². The number of carbonyl (C=O) groups is 1. The van der Waals surface area contributed by atoms with E-state index in [0.29, 0.717) is 32.0 Å². The molecular weight excluding hydrogens is 322 g/mol. The molecular formula is C14H20BrN3O2. The van der Waals surface area contributed by atoms with Gasteiger partial charge in [-0.15, -0.1) is 0 Å². The maximum Gasteiger partial charge on any atom is 0.239 e. The predicted molar refractivity (Wildman–Crippen MR) is 82.3 cm³/mol. The van der Waals surface area contributed by atoms with E-state index in [1.807, 2.05) is 25.1 Å². The summed E-state index contributed by atoms with van der Waals surface area (Å²) in [4.78, 5) is 14.2. The van der Waals surface area contributed by atoms with Gasteiger partial charge in [0.2, 0.25) is 5.91 Å². The molecule has 5 nitrogen and oxygen atoms in total. The largest absolute Gasteiger partial charge is 0.398 e. The van der Waals surface area contributed by atoms with Crippen molar-refractivity contribution >= 4 is 27.5 Å². The van der Waals surface area contributed by atoms with Crippen LogP contribution in [0.5, 0.6) is 0 Å². The van der Waals surface area contributed by atoms with E-state index in [0.717, 1.165) is 16.6 Å². The van der Waals surface area contributed by atoms with Crippen LogP contribution in [0.15, 0.2) is 22.7 Å². The van der Waals surface area contributed by atoms with Gasteiger partial charge in [-0.1, -0.05) is 12.1 Å². The van der Waals surface area contributed by atoms with Crippen molar-refractivity contribution in [2.75, 3.05) is 32.0 Å². The zero-order valence-electron chi connectivity index (χ0n) is 11.6. The zero-order chi connectivity index (χ0) is 14.5.